The van der Waals surface area contributed by atoms with Crippen LogP contribution in [0.5, 0.6) is 0 Å². The Labute approximate surface area is 163 Å². The van der Waals surface area contributed by atoms with Crippen molar-refractivity contribution in [3.63, 3.8) is 0 Å². The summed E-state index contributed by atoms with van der Waals surface area (Å²) in [7, 11) is 0. The van der Waals surface area contributed by atoms with E-state index >= 15 is 0 Å². The lowest BCUT2D eigenvalue weighted by atomic mass is 10.0. The number of aromatic nitrogens is 5. The molecule has 0 unspecified atom stereocenters. The molecule has 0 bridgehead atoms. The average Bonchev–Trinajstić information content (AvgIpc) is 3.20. The van der Waals surface area contributed by atoms with Gasteiger partial charge in [-0.1, -0.05) is 18.2 Å². The Morgan fingerprint density at radius 3 is 2.85 bits per heavy atom. The SMILES string of the molecule is [2H]C([2H])([2H])c1ccncc1-c1cccc(-c2cnc3nc(C(O)(C([2H])([2H])[2H])C([2H])([2H])[2H])cnn23)c1. The lowest BCUT2D eigenvalue weighted by molar-refractivity contribution is 0.0734. The molecule has 1 N–H and O–H groups in total. The van der Waals surface area contributed by atoms with Crippen LogP contribution in [0.2, 0.25) is 0 Å². The zero-order valence-corrected chi connectivity index (χ0v) is 13.4. The molecule has 0 spiro atoms. The van der Waals surface area contributed by atoms with Crippen LogP contribution in [0.4, 0.5) is 0 Å². The first-order valence-electron chi connectivity index (χ1n) is 12.1. The zero-order chi connectivity index (χ0) is 25.8. The van der Waals surface area contributed by atoms with E-state index in [2.05, 4.69) is 20.1 Å². The van der Waals surface area contributed by atoms with Gasteiger partial charge in [-0.25, -0.2) is 9.97 Å². The third-order valence-electron chi connectivity index (χ3n) is 3.90. The highest BCUT2D eigenvalue weighted by Crippen LogP contribution is 2.28. The molecule has 4 aromatic rings. The first-order chi connectivity index (χ1) is 16.1. The summed E-state index contributed by atoms with van der Waals surface area (Å²) in [6, 6.07) is 8.33. The Morgan fingerprint density at radius 2 is 2.00 bits per heavy atom. The number of aliphatic hydroxyl groups is 1. The number of benzene rings is 1. The monoisotopic (exact) mass is 354 g/mol. The van der Waals surface area contributed by atoms with E-state index in [-0.39, 0.29) is 11.3 Å². The van der Waals surface area contributed by atoms with Crippen molar-refractivity contribution in [3.05, 3.63) is 66.4 Å². The molecule has 0 aliphatic rings. The van der Waals surface area contributed by atoms with Crippen LogP contribution in [0, 0.1) is 6.85 Å². The second-order valence-electron chi connectivity index (χ2n) is 5.71. The molecule has 0 atom stereocenters. The minimum atomic E-state index is -3.31. The Kier molecular flexibility index (Phi) is 2.08. The van der Waals surface area contributed by atoms with E-state index in [4.69, 9.17) is 12.3 Å². The molecule has 4 rings (SSSR count). The van der Waals surface area contributed by atoms with Gasteiger partial charge in [0.15, 0.2) is 0 Å². The number of hydrogen-bond donors (Lipinski definition) is 1. The van der Waals surface area contributed by atoms with E-state index in [0.29, 0.717) is 22.4 Å². The second-order valence-corrected chi connectivity index (χ2v) is 5.71. The van der Waals surface area contributed by atoms with Crippen molar-refractivity contribution in [3.8, 4) is 22.4 Å². The molecule has 130 valence electrons. The molecule has 6 nitrogen and oxygen atoms in total. The van der Waals surface area contributed by atoms with E-state index < -0.39 is 31.9 Å². The maximum absolute atomic E-state index is 10.7. The summed E-state index contributed by atoms with van der Waals surface area (Å²) in [6.07, 6.45) is 5.16. The highest BCUT2D eigenvalue weighted by atomic mass is 16.3. The molecule has 0 aliphatic heterocycles. The topological polar surface area (TPSA) is 76.2 Å². The molecule has 26 heavy (non-hydrogen) atoms. The largest absolute Gasteiger partial charge is 0.384 e. The number of hydrogen-bond acceptors (Lipinski definition) is 5. The predicted octanol–water partition coefficient (Wildman–Crippen LogP) is 3.39. The minimum Gasteiger partial charge on any atom is -0.384 e. The molecular formula is C20H19N5O. The summed E-state index contributed by atoms with van der Waals surface area (Å²) in [5, 5.41) is 14.8. The number of imidazole rings is 1. The Hall–Kier alpha value is -3.12. The van der Waals surface area contributed by atoms with Crippen molar-refractivity contribution >= 4 is 5.78 Å². The van der Waals surface area contributed by atoms with Crippen molar-refractivity contribution < 1.29 is 17.4 Å². The highest BCUT2D eigenvalue weighted by Gasteiger charge is 2.20. The van der Waals surface area contributed by atoms with Crippen LogP contribution >= 0.6 is 0 Å². The van der Waals surface area contributed by atoms with Gasteiger partial charge in [0.25, 0.3) is 5.78 Å². The molecule has 6 heteroatoms. The number of pyridine rings is 1. The normalized spacial score (nSPS) is 18.4. The highest BCUT2D eigenvalue weighted by molar-refractivity contribution is 5.73. The van der Waals surface area contributed by atoms with Crippen LogP contribution in [0.1, 0.15) is 37.3 Å². The maximum Gasteiger partial charge on any atom is 0.251 e. The molecular weight excluding hydrogens is 326 g/mol. The smallest absolute Gasteiger partial charge is 0.251 e. The van der Waals surface area contributed by atoms with Gasteiger partial charge in [0, 0.05) is 35.9 Å². The van der Waals surface area contributed by atoms with Gasteiger partial charge >= 0.3 is 0 Å². The van der Waals surface area contributed by atoms with Crippen molar-refractivity contribution in [2.75, 3.05) is 0 Å². The van der Waals surface area contributed by atoms with Gasteiger partial charge in [0.1, 0.15) is 5.60 Å². The predicted molar refractivity (Wildman–Crippen MR) is 99.4 cm³/mol. The van der Waals surface area contributed by atoms with E-state index in [0.717, 1.165) is 6.20 Å². The van der Waals surface area contributed by atoms with Crippen LogP contribution in [-0.2, 0) is 5.60 Å². The Bertz CT molecular complexity index is 1380. The first kappa shape index (κ1) is 9.00. The number of aryl methyl sites for hydroxylation is 1. The lowest BCUT2D eigenvalue weighted by Crippen LogP contribution is -2.19. The molecule has 0 saturated carbocycles. The summed E-state index contributed by atoms with van der Waals surface area (Å²) in [5.74, 6) is -0.126. The maximum atomic E-state index is 10.7. The summed E-state index contributed by atoms with van der Waals surface area (Å²) in [5.41, 5.74) is -1.75. The number of nitrogens with zero attached hydrogens (tertiary/aromatic N) is 5. The van der Waals surface area contributed by atoms with E-state index in [9.17, 15) is 5.11 Å². The molecule has 0 amide bonds. The van der Waals surface area contributed by atoms with Gasteiger partial charge in [-0.05, 0) is 43.8 Å². The third kappa shape index (κ3) is 2.84. The van der Waals surface area contributed by atoms with Crippen LogP contribution in [-0.4, -0.2) is 29.7 Å². The fourth-order valence-electron chi connectivity index (χ4n) is 2.62. The molecule has 3 heterocycles. The molecule has 0 radical (unpaired) electrons. The van der Waals surface area contributed by atoms with E-state index in [1.54, 1.807) is 24.3 Å². The molecule has 0 saturated heterocycles. The third-order valence-corrected chi connectivity index (χ3v) is 3.90. The minimum absolute atomic E-state index is 0.126. The molecule has 3 aromatic heterocycles. The van der Waals surface area contributed by atoms with Crippen LogP contribution in [0.3, 0.4) is 0 Å². The van der Waals surface area contributed by atoms with Gasteiger partial charge in [0.05, 0.1) is 23.8 Å². The summed E-state index contributed by atoms with van der Waals surface area (Å²) in [6.45, 7) is -8.96. The van der Waals surface area contributed by atoms with Crippen molar-refractivity contribution in [1.82, 2.24) is 24.6 Å². The zero-order valence-electron chi connectivity index (χ0n) is 22.4. The van der Waals surface area contributed by atoms with Crippen LogP contribution in [0.15, 0.2) is 55.1 Å². The number of fused-ring (bicyclic) bond motifs is 1. The van der Waals surface area contributed by atoms with Gasteiger partial charge in [0.2, 0.25) is 0 Å². The number of rotatable bonds is 3. The summed E-state index contributed by atoms with van der Waals surface area (Å²) < 4.78 is 70.1. The van der Waals surface area contributed by atoms with Gasteiger partial charge in [-0.3, -0.25) is 4.98 Å². The van der Waals surface area contributed by atoms with Crippen molar-refractivity contribution in [1.29, 1.82) is 0 Å². The van der Waals surface area contributed by atoms with E-state index in [1.165, 1.54) is 29.2 Å². The quantitative estimate of drug-likeness (QED) is 0.610. The molecule has 0 aliphatic carbocycles. The average molecular weight is 354 g/mol. The van der Waals surface area contributed by atoms with Crippen molar-refractivity contribution in [2.45, 2.75) is 26.2 Å². The Morgan fingerprint density at radius 1 is 1.12 bits per heavy atom. The Balaban J connectivity index is 1.82. The molecule has 0 fully saturated rings. The first-order valence-corrected chi connectivity index (χ1v) is 7.63. The summed E-state index contributed by atoms with van der Waals surface area (Å²) in [4.78, 5) is 12.1. The van der Waals surface area contributed by atoms with E-state index in [1.807, 2.05) is 0 Å². The van der Waals surface area contributed by atoms with Gasteiger partial charge < -0.3 is 5.11 Å². The fraction of sp³-hybridized carbons (Fsp3) is 0.200. The van der Waals surface area contributed by atoms with Gasteiger partial charge in [-0.15, -0.1) is 0 Å². The lowest BCUT2D eigenvalue weighted by Gasteiger charge is -2.15. The second kappa shape index (κ2) is 6.00. The van der Waals surface area contributed by atoms with Gasteiger partial charge in [-0.2, -0.15) is 9.61 Å². The van der Waals surface area contributed by atoms with Crippen molar-refractivity contribution in [2.24, 2.45) is 0 Å². The molecule has 1 aromatic carbocycles. The van der Waals surface area contributed by atoms with Crippen LogP contribution < -0.4 is 0 Å². The summed E-state index contributed by atoms with van der Waals surface area (Å²) >= 11 is 0. The van der Waals surface area contributed by atoms with Crippen LogP contribution in [0.25, 0.3) is 28.2 Å². The standard InChI is InChI=1S/C20H19N5O/c1-13-7-8-21-10-16(13)14-5-4-6-15(9-14)17-11-22-19-24-18(20(2,3)26)12-23-25(17)19/h4-12,26H,1-3H3/i1D3,2D3,3D3. The fourth-order valence-corrected chi connectivity index (χ4v) is 2.62.